The normalized spacial score (nSPS) is 13.6. The summed E-state index contributed by atoms with van der Waals surface area (Å²) in [6.07, 6.45) is 2.09. The van der Waals surface area contributed by atoms with E-state index in [4.69, 9.17) is 4.42 Å². The van der Waals surface area contributed by atoms with Crippen LogP contribution in [0.3, 0.4) is 0 Å². The lowest BCUT2D eigenvalue weighted by Crippen LogP contribution is -2.25. The molecule has 0 saturated heterocycles. The van der Waals surface area contributed by atoms with E-state index in [-0.39, 0.29) is 11.7 Å². The number of nitrogens with zero attached hydrogens (tertiary/aromatic N) is 1. The zero-order valence-corrected chi connectivity index (χ0v) is 15.6. The molecule has 0 atom stereocenters. The number of furan rings is 1. The van der Waals surface area contributed by atoms with E-state index in [1.165, 1.54) is 17.7 Å². The van der Waals surface area contributed by atoms with Crippen LogP contribution in [0.4, 0.5) is 4.39 Å². The third-order valence-corrected chi connectivity index (χ3v) is 4.75. The predicted octanol–water partition coefficient (Wildman–Crippen LogP) is 4.51. The van der Waals surface area contributed by atoms with Gasteiger partial charge in [0.2, 0.25) is 0 Å². The molecule has 4 rings (SSSR count). The minimum atomic E-state index is -0.240. The molecule has 2 aromatic carbocycles. The van der Waals surface area contributed by atoms with Crippen LogP contribution in [-0.2, 0) is 19.6 Å². The minimum Gasteiger partial charge on any atom is -0.455 e. The van der Waals surface area contributed by atoms with E-state index in [0.29, 0.717) is 24.9 Å². The highest BCUT2D eigenvalue weighted by Crippen LogP contribution is 2.21. The van der Waals surface area contributed by atoms with E-state index in [9.17, 15) is 9.18 Å². The second-order valence-electron chi connectivity index (χ2n) is 7.27. The van der Waals surface area contributed by atoms with Crippen molar-refractivity contribution in [1.29, 1.82) is 0 Å². The first-order chi connectivity index (χ1) is 13.7. The lowest BCUT2D eigenvalue weighted by molar-refractivity contribution is 0.0918. The third kappa shape index (κ3) is 5.08. The van der Waals surface area contributed by atoms with E-state index < -0.39 is 0 Å². The molecule has 1 heterocycles. The molecule has 0 radical (unpaired) electrons. The highest BCUT2D eigenvalue weighted by atomic mass is 19.1. The molecule has 1 aliphatic carbocycles. The predicted molar refractivity (Wildman–Crippen MR) is 105 cm³/mol. The van der Waals surface area contributed by atoms with Crippen LogP contribution in [0.1, 0.15) is 40.3 Å². The molecule has 4 nitrogen and oxygen atoms in total. The van der Waals surface area contributed by atoms with Crippen molar-refractivity contribution in [1.82, 2.24) is 10.2 Å². The minimum absolute atomic E-state index is 0.151. The summed E-state index contributed by atoms with van der Waals surface area (Å²) in [6.45, 7) is 1.94. The molecule has 5 heteroatoms. The maximum atomic E-state index is 13.2. The summed E-state index contributed by atoms with van der Waals surface area (Å²) in [7, 11) is 0. The fraction of sp³-hybridized carbons (Fsp3) is 0.261. The first kappa shape index (κ1) is 18.4. The van der Waals surface area contributed by atoms with Crippen molar-refractivity contribution in [2.75, 3.05) is 0 Å². The van der Waals surface area contributed by atoms with Crippen LogP contribution in [0.25, 0.3) is 0 Å². The number of amides is 1. The van der Waals surface area contributed by atoms with Crippen LogP contribution in [0.15, 0.2) is 71.1 Å². The van der Waals surface area contributed by atoms with Gasteiger partial charge < -0.3 is 9.73 Å². The van der Waals surface area contributed by atoms with Crippen molar-refractivity contribution in [3.05, 3.63) is 95.2 Å². The molecule has 1 fully saturated rings. The molecular formula is C23H23FN2O2. The maximum Gasteiger partial charge on any atom is 0.287 e. The van der Waals surface area contributed by atoms with Crippen LogP contribution in [0.2, 0.25) is 0 Å². The number of halogens is 1. The van der Waals surface area contributed by atoms with Crippen LogP contribution < -0.4 is 5.32 Å². The monoisotopic (exact) mass is 378 g/mol. The molecule has 0 spiro atoms. The van der Waals surface area contributed by atoms with Gasteiger partial charge in [-0.3, -0.25) is 9.69 Å². The number of benzene rings is 2. The van der Waals surface area contributed by atoms with Crippen LogP contribution in [0.5, 0.6) is 0 Å². The van der Waals surface area contributed by atoms with Crippen LogP contribution in [0, 0.1) is 5.82 Å². The van der Waals surface area contributed by atoms with Gasteiger partial charge in [0.25, 0.3) is 5.91 Å². The van der Waals surface area contributed by atoms with Gasteiger partial charge in [0, 0.05) is 19.1 Å². The number of nitrogens with one attached hydrogen (secondary N) is 1. The van der Waals surface area contributed by atoms with Crippen molar-refractivity contribution in [2.24, 2.45) is 0 Å². The molecule has 0 bridgehead atoms. The first-order valence-electron chi connectivity index (χ1n) is 9.56. The molecule has 0 unspecified atom stereocenters. The van der Waals surface area contributed by atoms with Gasteiger partial charge in [-0.25, -0.2) is 4.39 Å². The Kier molecular flexibility index (Phi) is 5.53. The van der Waals surface area contributed by atoms with Gasteiger partial charge in [-0.15, -0.1) is 0 Å². The van der Waals surface area contributed by atoms with E-state index in [0.717, 1.165) is 30.7 Å². The summed E-state index contributed by atoms with van der Waals surface area (Å²) in [5, 5.41) is 2.94. The second-order valence-corrected chi connectivity index (χ2v) is 7.27. The van der Waals surface area contributed by atoms with E-state index in [2.05, 4.69) is 22.3 Å². The quantitative estimate of drug-likeness (QED) is 0.627. The smallest absolute Gasteiger partial charge is 0.287 e. The zero-order chi connectivity index (χ0) is 19.3. The summed E-state index contributed by atoms with van der Waals surface area (Å²) >= 11 is 0. The SMILES string of the molecule is O=C(NC1CC1)c1ccc(CN(Cc2ccccc2)Cc2ccc(F)cc2)o1. The molecule has 144 valence electrons. The fourth-order valence-electron chi connectivity index (χ4n) is 3.15. The Morgan fingerprint density at radius 2 is 1.61 bits per heavy atom. The number of carbonyl (C=O) groups is 1. The van der Waals surface area contributed by atoms with Gasteiger partial charge in [0.15, 0.2) is 5.76 Å². The molecule has 1 saturated carbocycles. The Bertz CT molecular complexity index is 917. The second kappa shape index (κ2) is 8.40. The van der Waals surface area contributed by atoms with Gasteiger partial charge >= 0.3 is 0 Å². The summed E-state index contributed by atoms with van der Waals surface area (Å²) in [5.74, 6) is 0.694. The molecular weight excluding hydrogens is 355 g/mol. The largest absolute Gasteiger partial charge is 0.455 e. The number of hydrogen-bond donors (Lipinski definition) is 1. The Morgan fingerprint density at radius 1 is 0.929 bits per heavy atom. The highest BCUT2D eigenvalue weighted by molar-refractivity contribution is 5.91. The summed E-state index contributed by atoms with van der Waals surface area (Å²) in [5.41, 5.74) is 2.21. The lowest BCUT2D eigenvalue weighted by Gasteiger charge is -2.21. The Labute approximate surface area is 164 Å². The van der Waals surface area contributed by atoms with Crippen molar-refractivity contribution >= 4 is 5.91 Å². The van der Waals surface area contributed by atoms with Crippen molar-refractivity contribution in [3.63, 3.8) is 0 Å². The van der Waals surface area contributed by atoms with E-state index in [1.54, 1.807) is 18.2 Å². The van der Waals surface area contributed by atoms with Crippen LogP contribution in [-0.4, -0.2) is 16.8 Å². The standard InChI is InChI=1S/C23H23FN2O2/c24-19-8-6-18(7-9-19)15-26(14-17-4-2-1-3-5-17)16-21-12-13-22(28-21)23(27)25-20-10-11-20/h1-9,12-13,20H,10-11,14-16H2,(H,25,27). The summed E-state index contributed by atoms with van der Waals surface area (Å²) < 4.78 is 19.0. The number of hydrogen-bond acceptors (Lipinski definition) is 3. The van der Waals surface area contributed by atoms with E-state index in [1.807, 2.05) is 24.3 Å². The molecule has 1 N–H and O–H groups in total. The lowest BCUT2D eigenvalue weighted by atomic mass is 10.1. The summed E-state index contributed by atoms with van der Waals surface area (Å²) in [6, 6.07) is 20.6. The Morgan fingerprint density at radius 3 is 2.29 bits per heavy atom. The van der Waals surface area contributed by atoms with Gasteiger partial charge in [0.1, 0.15) is 11.6 Å². The Balaban J connectivity index is 1.47. The maximum absolute atomic E-state index is 13.2. The van der Waals surface area contributed by atoms with Crippen LogP contribution >= 0.6 is 0 Å². The highest BCUT2D eigenvalue weighted by Gasteiger charge is 2.25. The molecule has 1 aromatic heterocycles. The molecule has 1 aliphatic rings. The average molecular weight is 378 g/mol. The van der Waals surface area contributed by atoms with Gasteiger partial charge in [-0.1, -0.05) is 42.5 Å². The van der Waals surface area contributed by atoms with E-state index >= 15 is 0 Å². The number of rotatable bonds is 8. The molecule has 3 aromatic rings. The molecule has 28 heavy (non-hydrogen) atoms. The average Bonchev–Trinajstić information content (AvgIpc) is 3.39. The number of carbonyl (C=O) groups excluding carboxylic acids is 1. The molecule has 1 amide bonds. The van der Waals surface area contributed by atoms with Crippen molar-refractivity contribution in [2.45, 2.75) is 38.5 Å². The van der Waals surface area contributed by atoms with Gasteiger partial charge in [-0.05, 0) is 48.2 Å². The fourth-order valence-corrected chi connectivity index (χ4v) is 3.15. The van der Waals surface area contributed by atoms with Gasteiger partial charge in [0.05, 0.1) is 6.54 Å². The zero-order valence-electron chi connectivity index (χ0n) is 15.6. The topological polar surface area (TPSA) is 45.5 Å². The van der Waals surface area contributed by atoms with Crippen molar-refractivity contribution in [3.8, 4) is 0 Å². The molecule has 0 aliphatic heterocycles. The Hall–Kier alpha value is -2.92. The summed E-state index contributed by atoms with van der Waals surface area (Å²) in [4.78, 5) is 14.4. The van der Waals surface area contributed by atoms with Gasteiger partial charge in [-0.2, -0.15) is 0 Å². The third-order valence-electron chi connectivity index (χ3n) is 4.75. The van der Waals surface area contributed by atoms with Crippen molar-refractivity contribution < 1.29 is 13.6 Å². The first-order valence-corrected chi connectivity index (χ1v) is 9.56.